The van der Waals surface area contributed by atoms with Gasteiger partial charge in [-0.15, -0.1) is 0 Å². The number of rotatable bonds is 3. The van der Waals surface area contributed by atoms with Gasteiger partial charge in [0.05, 0.1) is 0 Å². The highest BCUT2D eigenvalue weighted by molar-refractivity contribution is 5.92. The number of hydrogen-bond acceptors (Lipinski definition) is 3. The van der Waals surface area contributed by atoms with Crippen LogP contribution >= 0.6 is 0 Å². The normalized spacial score (nSPS) is 23.4. The number of nitrogens with zero attached hydrogens (tertiary/aromatic N) is 2. The topological polar surface area (TPSA) is 75.0 Å². The van der Waals surface area contributed by atoms with E-state index in [1.54, 1.807) is 0 Å². The SMILES string of the molecule is CCC[C@@H]1CN(C(=O)c2cc(C(F)(F)F)[nH]n2)C[C@H]1N. The van der Waals surface area contributed by atoms with E-state index in [1.807, 2.05) is 12.0 Å². The van der Waals surface area contributed by atoms with Gasteiger partial charge in [0, 0.05) is 25.2 Å². The Morgan fingerprint density at radius 2 is 2.25 bits per heavy atom. The van der Waals surface area contributed by atoms with Crippen molar-refractivity contribution in [2.45, 2.75) is 32.0 Å². The summed E-state index contributed by atoms with van der Waals surface area (Å²) >= 11 is 0. The van der Waals surface area contributed by atoms with Crippen molar-refractivity contribution < 1.29 is 18.0 Å². The minimum absolute atomic E-state index is 0.125. The van der Waals surface area contributed by atoms with E-state index in [0.717, 1.165) is 18.9 Å². The van der Waals surface area contributed by atoms with Crippen molar-refractivity contribution in [1.29, 1.82) is 0 Å². The number of aromatic nitrogens is 2. The zero-order valence-electron chi connectivity index (χ0n) is 11.1. The van der Waals surface area contributed by atoms with Crippen LogP contribution in [0.4, 0.5) is 13.2 Å². The van der Waals surface area contributed by atoms with Crippen LogP contribution in [0.3, 0.4) is 0 Å². The van der Waals surface area contributed by atoms with Crippen molar-refractivity contribution in [3.05, 3.63) is 17.5 Å². The van der Waals surface area contributed by atoms with E-state index >= 15 is 0 Å². The van der Waals surface area contributed by atoms with E-state index in [1.165, 1.54) is 4.90 Å². The minimum atomic E-state index is -4.53. The molecule has 8 heteroatoms. The summed E-state index contributed by atoms with van der Waals surface area (Å²) in [6, 6.07) is 0.612. The number of likely N-dealkylation sites (tertiary alicyclic amines) is 1. The number of carbonyl (C=O) groups excluding carboxylic acids is 1. The second-order valence-electron chi connectivity index (χ2n) is 5.09. The van der Waals surface area contributed by atoms with Crippen molar-refractivity contribution in [2.24, 2.45) is 11.7 Å². The third-order valence-electron chi connectivity index (χ3n) is 3.54. The Kier molecular flexibility index (Phi) is 4.03. The molecule has 1 saturated heterocycles. The molecule has 0 saturated carbocycles. The summed E-state index contributed by atoms with van der Waals surface area (Å²) in [4.78, 5) is 13.6. The highest BCUT2D eigenvalue weighted by Crippen LogP contribution is 2.28. The monoisotopic (exact) mass is 290 g/mol. The number of hydrogen-bond donors (Lipinski definition) is 2. The van der Waals surface area contributed by atoms with Crippen molar-refractivity contribution in [1.82, 2.24) is 15.1 Å². The van der Waals surface area contributed by atoms with Gasteiger partial charge in [0.25, 0.3) is 5.91 Å². The van der Waals surface area contributed by atoms with E-state index < -0.39 is 17.8 Å². The first kappa shape index (κ1) is 14.8. The largest absolute Gasteiger partial charge is 0.432 e. The van der Waals surface area contributed by atoms with E-state index in [0.29, 0.717) is 13.1 Å². The zero-order valence-corrected chi connectivity index (χ0v) is 11.1. The van der Waals surface area contributed by atoms with Crippen LogP contribution in [0.2, 0.25) is 0 Å². The fourth-order valence-electron chi connectivity index (χ4n) is 2.48. The first-order valence-electron chi connectivity index (χ1n) is 6.50. The van der Waals surface area contributed by atoms with Crippen molar-refractivity contribution in [3.63, 3.8) is 0 Å². The molecule has 1 aromatic rings. The van der Waals surface area contributed by atoms with E-state index in [4.69, 9.17) is 5.73 Å². The Morgan fingerprint density at radius 3 is 2.80 bits per heavy atom. The fourth-order valence-corrected chi connectivity index (χ4v) is 2.48. The maximum absolute atomic E-state index is 12.5. The van der Waals surface area contributed by atoms with Crippen LogP contribution < -0.4 is 5.73 Å². The Morgan fingerprint density at radius 1 is 1.55 bits per heavy atom. The van der Waals surface area contributed by atoms with Crippen LogP contribution in [0.25, 0.3) is 0 Å². The molecule has 0 bridgehead atoms. The number of nitrogens with two attached hydrogens (primary N) is 1. The van der Waals surface area contributed by atoms with Gasteiger partial charge in [0.15, 0.2) is 5.69 Å². The minimum Gasteiger partial charge on any atom is -0.335 e. The maximum Gasteiger partial charge on any atom is 0.432 e. The summed E-state index contributed by atoms with van der Waals surface area (Å²) < 4.78 is 37.4. The van der Waals surface area contributed by atoms with E-state index in [-0.39, 0.29) is 17.7 Å². The van der Waals surface area contributed by atoms with Crippen LogP contribution in [0.5, 0.6) is 0 Å². The number of nitrogens with one attached hydrogen (secondary N) is 1. The first-order valence-corrected chi connectivity index (χ1v) is 6.50. The molecule has 20 heavy (non-hydrogen) atoms. The van der Waals surface area contributed by atoms with Crippen LogP contribution in [-0.2, 0) is 6.18 Å². The van der Waals surface area contributed by atoms with Crippen molar-refractivity contribution in [2.75, 3.05) is 13.1 Å². The smallest absolute Gasteiger partial charge is 0.335 e. The molecular formula is C12H17F3N4O. The summed E-state index contributed by atoms with van der Waals surface area (Å²) in [7, 11) is 0. The Bertz CT molecular complexity index is 485. The Balaban J connectivity index is 2.07. The molecule has 0 aliphatic carbocycles. The molecule has 0 aromatic carbocycles. The zero-order chi connectivity index (χ0) is 14.9. The number of amides is 1. The van der Waals surface area contributed by atoms with Crippen LogP contribution in [-0.4, -0.2) is 40.1 Å². The average Bonchev–Trinajstić information content (AvgIpc) is 2.96. The Hall–Kier alpha value is -1.57. The molecule has 1 amide bonds. The second-order valence-corrected chi connectivity index (χ2v) is 5.09. The lowest BCUT2D eigenvalue weighted by atomic mass is 9.99. The summed E-state index contributed by atoms with van der Waals surface area (Å²) in [6.07, 6.45) is -2.67. The molecule has 3 N–H and O–H groups in total. The van der Waals surface area contributed by atoms with E-state index in [9.17, 15) is 18.0 Å². The van der Waals surface area contributed by atoms with Crippen molar-refractivity contribution >= 4 is 5.91 Å². The first-order chi connectivity index (χ1) is 9.32. The third kappa shape index (κ3) is 2.95. The average molecular weight is 290 g/mol. The van der Waals surface area contributed by atoms with Gasteiger partial charge >= 0.3 is 6.18 Å². The predicted molar refractivity (Wildman–Crippen MR) is 65.9 cm³/mol. The molecule has 1 aliphatic rings. The molecule has 0 unspecified atom stereocenters. The summed E-state index contributed by atoms with van der Waals surface area (Å²) in [5.41, 5.74) is 4.70. The fraction of sp³-hybridized carbons (Fsp3) is 0.667. The van der Waals surface area contributed by atoms with Gasteiger partial charge in [-0.25, -0.2) is 0 Å². The highest BCUT2D eigenvalue weighted by Gasteiger charge is 2.36. The molecular weight excluding hydrogens is 273 g/mol. The number of H-pyrrole nitrogens is 1. The lowest BCUT2D eigenvalue weighted by Crippen LogP contribution is -2.32. The molecule has 0 spiro atoms. The lowest BCUT2D eigenvalue weighted by Gasteiger charge is -2.14. The molecule has 2 rings (SSSR count). The summed E-state index contributed by atoms with van der Waals surface area (Å²) in [5, 5.41) is 5.29. The van der Waals surface area contributed by atoms with Gasteiger partial charge in [-0.1, -0.05) is 13.3 Å². The van der Waals surface area contributed by atoms with Crippen molar-refractivity contribution in [3.8, 4) is 0 Å². The maximum atomic E-state index is 12.5. The molecule has 0 radical (unpaired) electrons. The van der Waals surface area contributed by atoms with Gasteiger partial charge in [-0.05, 0) is 12.3 Å². The lowest BCUT2D eigenvalue weighted by molar-refractivity contribution is -0.141. The van der Waals surface area contributed by atoms with Gasteiger partial charge in [-0.2, -0.15) is 18.3 Å². The molecule has 5 nitrogen and oxygen atoms in total. The van der Waals surface area contributed by atoms with Crippen LogP contribution in [0.1, 0.15) is 35.9 Å². The molecule has 1 aromatic heterocycles. The quantitative estimate of drug-likeness (QED) is 0.888. The van der Waals surface area contributed by atoms with Crippen LogP contribution in [0.15, 0.2) is 6.07 Å². The van der Waals surface area contributed by atoms with Gasteiger partial charge < -0.3 is 10.6 Å². The van der Waals surface area contributed by atoms with Gasteiger partial charge in [-0.3, -0.25) is 9.89 Å². The molecule has 1 aliphatic heterocycles. The number of carbonyl (C=O) groups is 1. The number of aromatic amines is 1. The third-order valence-corrected chi connectivity index (χ3v) is 3.54. The van der Waals surface area contributed by atoms with Gasteiger partial charge in [0.2, 0.25) is 0 Å². The number of halogens is 3. The molecule has 2 atom stereocenters. The summed E-state index contributed by atoms with van der Waals surface area (Å²) in [5.74, 6) is -0.309. The molecule has 2 heterocycles. The standard InChI is InChI=1S/C12H17F3N4O/c1-2-3-7-5-19(6-8(7)16)11(20)9-4-10(18-17-9)12(13,14)15/h4,7-8H,2-3,5-6,16H2,1H3,(H,17,18)/t7-,8-/m1/s1. The van der Waals surface area contributed by atoms with Gasteiger partial charge in [0.1, 0.15) is 5.69 Å². The van der Waals surface area contributed by atoms with E-state index in [2.05, 4.69) is 5.10 Å². The number of alkyl halides is 3. The summed E-state index contributed by atoms with van der Waals surface area (Å²) in [6.45, 7) is 2.86. The molecule has 112 valence electrons. The Labute approximate surface area is 114 Å². The van der Waals surface area contributed by atoms with Crippen LogP contribution in [0, 0.1) is 5.92 Å². The molecule has 1 fully saturated rings. The highest BCUT2D eigenvalue weighted by atomic mass is 19.4. The predicted octanol–water partition coefficient (Wildman–Crippen LogP) is 1.63. The second kappa shape index (κ2) is 5.43.